The SMILES string of the molecule is Cc1ccc(C)c(NC(=O)N2CCC[C@@H](C(=O)c3cccc(OC(C)C)c3)C2)c1. The Morgan fingerprint density at radius 2 is 1.93 bits per heavy atom. The third-order valence-corrected chi connectivity index (χ3v) is 5.20. The number of Topliss-reactive ketones (excluding diaryl/α,β-unsaturated/α-hetero) is 1. The Hall–Kier alpha value is -2.82. The lowest BCUT2D eigenvalue weighted by atomic mass is 9.90. The van der Waals surface area contributed by atoms with Gasteiger partial charge in [0.2, 0.25) is 0 Å². The van der Waals surface area contributed by atoms with Crippen LogP contribution in [-0.4, -0.2) is 35.9 Å². The largest absolute Gasteiger partial charge is 0.491 e. The number of carbonyl (C=O) groups is 2. The number of hydrogen-bond acceptors (Lipinski definition) is 3. The van der Waals surface area contributed by atoms with Gasteiger partial charge >= 0.3 is 6.03 Å². The summed E-state index contributed by atoms with van der Waals surface area (Å²) in [7, 11) is 0. The normalized spacial score (nSPS) is 16.6. The molecule has 0 spiro atoms. The Labute approximate surface area is 173 Å². The fourth-order valence-corrected chi connectivity index (χ4v) is 3.67. The van der Waals surface area contributed by atoms with Crippen molar-refractivity contribution in [1.82, 2.24) is 4.90 Å². The van der Waals surface area contributed by atoms with Crippen LogP contribution in [-0.2, 0) is 0 Å². The molecule has 1 heterocycles. The molecule has 0 aliphatic carbocycles. The molecule has 3 rings (SSSR count). The second-order valence-electron chi connectivity index (χ2n) is 8.09. The number of amides is 2. The number of carbonyl (C=O) groups excluding carboxylic acids is 2. The fraction of sp³-hybridized carbons (Fsp3) is 0.417. The highest BCUT2D eigenvalue weighted by molar-refractivity contribution is 5.99. The Kier molecular flexibility index (Phi) is 6.57. The minimum absolute atomic E-state index is 0.0549. The lowest BCUT2D eigenvalue weighted by Crippen LogP contribution is -2.44. The van der Waals surface area contributed by atoms with Crippen molar-refractivity contribution in [1.29, 1.82) is 0 Å². The van der Waals surface area contributed by atoms with E-state index in [0.29, 0.717) is 24.4 Å². The second kappa shape index (κ2) is 9.12. The van der Waals surface area contributed by atoms with Crippen LogP contribution in [0.4, 0.5) is 10.5 Å². The van der Waals surface area contributed by atoms with Gasteiger partial charge in [0, 0.05) is 30.3 Å². The van der Waals surface area contributed by atoms with E-state index in [0.717, 1.165) is 29.7 Å². The summed E-state index contributed by atoms with van der Waals surface area (Å²) >= 11 is 0. The van der Waals surface area contributed by atoms with Crippen LogP contribution in [0.1, 0.15) is 48.2 Å². The molecule has 5 nitrogen and oxygen atoms in total. The van der Waals surface area contributed by atoms with Gasteiger partial charge in [-0.1, -0.05) is 24.3 Å². The lowest BCUT2D eigenvalue weighted by Gasteiger charge is -2.32. The highest BCUT2D eigenvalue weighted by Crippen LogP contribution is 2.25. The van der Waals surface area contributed by atoms with Gasteiger partial charge in [-0.2, -0.15) is 0 Å². The molecule has 1 atom stereocenters. The molecule has 5 heteroatoms. The Bertz CT molecular complexity index is 891. The number of anilines is 1. The number of likely N-dealkylation sites (tertiary alicyclic amines) is 1. The molecule has 2 aromatic rings. The van der Waals surface area contributed by atoms with Crippen molar-refractivity contribution in [3.8, 4) is 5.75 Å². The Morgan fingerprint density at radius 1 is 1.14 bits per heavy atom. The van der Waals surface area contributed by atoms with Gasteiger partial charge in [-0.15, -0.1) is 0 Å². The van der Waals surface area contributed by atoms with Gasteiger partial charge in [0.15, 0.2) is 5.78 Å². The fourth-order valence-electron chi connectivity index (χ4n) is 3.67. The van der Waals surface area contributed by atoms with Crippen LogP contribution in [0.3, 0.4) is 0 Å². The molecule has 0 radical (unpaired) electrons. The highest BCUT2D eigenvalue weighted by atomic mass is 16.5. The molecule has 1 saturated heterocycles. The van der Waals surface area contributed by atoms with Crippen molar-refractivity contribution in [2.75, 3.05) is 18.4 Å². The topological polar surface area (TPSA) is 58.6 Å². The van der Waals surface area contributed by atoms with Crippen LogP contribution < -0.4 is 10.1 Å². The van der Waals surface area contributed by atoms with Gasteiger partial charge in [-0.05, 0) is 69.9 Å². The van der Waals surface area contributed by atoms with Crippen molar-refractivity contribution in [2.24, 2.45) is 5.92 Å². The molecule has 1 aliphatic rings. The first kappa shape index (κ1) is 20.9. The highest BCUT2D eigenvalue weighted by Gasteiger charge is 2.29. The van der Waals surface area contributed by atoms with Crippen LogP contribution in [0, 0.1) is 19.8 Å². The first-order valence-corrected chi connectivity index (χ1v) is 10.3. The van der Waals surface area contributed by atoms with Crippen molar-refractivity contribution < 1.29 is 14.3 Å². The molecule has 2 amide bonds. The van der Waals surface area contributed by atoms with Gasteiger partial charge in [0.05, 0.1) is 6.10 Å². The van der Waals surface area contributed by atoms with E-state index in [9.17, 15) is 9.59 Å². The summed E-state index contributed by atoms with van der Waals surface area (Å²) in [6.45, 7) is 9.00. The molecular weight excluding hydrogens is 364 g/mol. The standard InChI is InChI=1S/C24H30N2O3/c1-16(2)29-21-9-5-7-19(14-21)23(27)20-8-6-12-26(15-20)24(28)25-22-13-17(3)10-11-18(22)4/h5,7,9-11,13-14,16,20H,6,8,12,15H2,1-4H3,(H,25,28)/t20-/m1/s1. The molecular formula is C24H30N2O3. The Balaban J connectivity index is 1.67. The van der Waals surface area contributed by atoms with Crippen LogP contribution in [0.15, 0.2) is 42.5 Å². The summed E-state index contributed by atoms with van der Waals surface area (Å²) in [5.41, 5.74) is 3.59. The number of nitrogens with zero attached hydrogens (tertiary/aromatic N) is 1. The average molecular weight is 395 g/mol. The molecule has 2 aromatic carbocycles. The van der Waals surface area contributed by atoms with E-state index in [1.54, 1.807) is 11.0 Å². The van der Waals surface area contributed by atoms with E-state index < -0.39 is 0 Å². The molecule has 1 N–H and O–H groups in total. The third kappa shape index (κ3) is 5.37. The minimum Gasteiger partial charge on any atom is -0.491 e. The number of aryl methyl sites for hydroxylation is 2. The first-order chi connectivity index (χ1) is 13.8. The summed E-state index contributed by atoms with van der Waals surface area (Å²) in [5, 5.41) is 3.01. The molecule has 1 aliphatic heterocycles. The molecule has 0 aromatic heterocycles. The molecule has 0 saturated carbocycles. The maximum absolute atomic E-state index is 13.0. The van der Waals surface area contributed by atoms with Gasteiger partial charge < -0.3 is 15.0 Å². The number of hydrogen-bond donors (Lipinski definition) is 1. The van der Waals surface area contributed by atoms with Gasteiger partial charge in [0.25, 0.3) is 0 Å². The van der Waals surface area contributed by atoms with Crippen molar-refractivity contribution in [2.45, 2.75) is 46.6 Å². The van der Waals surface area contributed by atoms with Crippen molar-refractivity contribution >= 4 is 17.5 Å². The van der Waals surface area contributed by atoms with Crippen LogP contribution >= 0.6 is 0 Å². The number of nitrogens with one attached hydrogen (secondary N) is 1. The molecule has 29 heavy (non-hydrogen) atoms. The average Bonchev–Trinajstić information content (AvgIpc) is 2.70. The van der Waals surface area contributed by atoms with Gasteiger partial charge in [-0.25, -0.2) is 4.79 Å². The number of urea groups is 1. The third-order valence-electron chi connectivity index (χ3n) is 5.20. The van der Waals surface area contributed by atoms with Gasteiger partial charge in [0.1, 0.15) is 5.75 Å². The zero-order valence-corrected chi connectivity index (χ0v) is 17.7. The zero-order chi connectivity index (χ0) is 21.0. The summed E-state index contributed by atoms with van der Waals surface area (Å²) in [4.78, 5) is 27.6. The minimum atomic E-state index is -0.192. The van der Waals surface area contributed by atoms with Crippen molar-refractivity contribution in [3.05, 3.63) is 59.2 Å². The summed E-state index contributed by atoms with van der Waals surface area (Å²) in [6, 6.07) is 13.2. The smallest absolute Gasteiger partial charge is 0.321 e. The lowest BCUT2D eigenvalue weighted by molar-refractivity contribution is 0.0850. The number of ether oxygens (including phenoxy) is 1. The van der Waals surface area contributed by atoms with E-state index in [1.165, 1.54) is 0 Å². The predicted octanol–water partition coefficient (Wildman–Crippen LogP) is 5.22. The van der Waals surface area contributed by atoms with E-state index in [4.69, 9.17) is 4.74 Å². The van der Waals surface area contributed by atoms with E-state index in [2.05, 4.69) is 5.32 Å². The van der Waals surface area contributed by atoms with Crippen LogP contribution in [0.25, 0.3) is 0 Å². The maximum atomic E-state index is 13.0. The van der Waals surface area contributed by atoms with E-state index in [1.807, 2.05) is 64.1 Å². The maximum Gasteiger partial charge on any atom is 0.321 e. The molecule has 154 valence electrons. The first-order valence-electron chi connectivity index (χ1n) is 10.3. The van der Waals surface area contributed by atoms with E-state index in [-0.39, 0.29) is 23.8 Å². The zero-order valence-electron chi connectivity index (χ0n) is 17.7. The Morgan fingerprint density at radius 3 is 2.69 bits per heavy atom. The monoisotopic (exact) mass is 394 g/mol. The summed E-state index contributed by atoms with van der Waals surface area (Å²) < 4.78 is 5.71. The summed E-state index contributed by atoms with van der Waals surface area (Å²) in [6.07, 6.45) is 1.67. The molecule has 0 unspecified atom stereocenters. The van der Waals surface area contributed by atoms with Crippen LogP contribution in [0.5, 0.6) is 5.75 Å². The second-order valence-corrected chi connectivity index (χ2v) is 8.09. The van der Waals surface area contributed by atoms with Crippen LogP contribution in [0.2, 0.25) is 0 Å². The molecule has 0 bridgehead atoms. The molecule has 1 fully saturated rings. The number of ketones is 1. The number of benzene rings is 2. The quantitative estimate of drug-likeness (QED) is 0.708. The van der Waals surface area contributed by atoms with Gasteiger partial charge in [-0.3, -0.25) is 4.79 Å². The van der Waals surface area contributed by atoms with E-state index >= 15 is 0 Å². The van der Waals surface area contributed by atoms with Crippen molar-refractivity contribution in [3.63, 3.8) is 0 Å². The number of rotatable bonds is 5. The summed E-state index contributed by atoms with van der Waals surface area (Å²) in [5.74, 6) is 0.581. The predicted molar refractivity (Wildman–Crippen MR) is 116 cm³/mol. The number of piperidine rings is 1.